The van der Waals surface area contributed by atoms with Gasteiger partial charge in [-0.2, -0.15) is 0 Å². The molecule has 0 aromatic heterocycles. The van der Waals surface area contributed by atoms with E-state index in [1.807, 2.05) is 11.8 Å². The Kier molecular flexibility index (Phi) is 4.53. The Bertz CT molecular complexity index is 838. The van der Waals surface area contributed by atoms with Crippen LogP contribution in [0.2, 0.25) is 0 Å². The van der Waals surface area contributed by atoms with Crippen LogP contribution in [0.1, 0.15) is 11.1 Å². The fourth-order valence-corrected chi connectivity index (χ4v) is 4.93. The lowest BCUT2D eigenvalue weighted by molar-refractivity contribution is 0.313. The molecule has 0 spiro atoms. The molecule has 0 aliphatic carbocycles. The Hall–Kier alpha value is -1.85. The van der Waals surface area contributed by atoms with Crippen molar-refractivity contribution in [3.8, 4) is 0 Å². The summed E-state index contributed by atoms with van der Waals surface area (Å²) >= 11 is 1.89. The normalized spacial score (nSPS) is 16.7. The minimum atomic E-state index is 1.10. The van der Waals surface area contributed by atoms with Crippen LogP contribution in [0.25, 0.3) is 0 Å². The van der Waals surface area contributed by atoms with Gasteiger partial charge in [0, 0.05) is 61.4 Å². The average Bonchev–Trinajstić information content (AvgIpc) is 2.61. The number of rotatable bonds is 2. The van der Waals surface area contributed by atoms with Gasteiger partial charge in [-0.1, -0.05) is 11.8 Å². The third-order valence-corrected chi connectivity index (χ3v) is 6.51. The molecule has 2 aliphatic heterocycles. The van der Waals surface area contributed by atoms with Gasteiger partial charge in [-0.05, 0) is 56.3 Å². The van der Waals surface area contributed by atoms with Crippen LogP contribution < -0.4 is 15.1 Å². The van der Waals surface area contributed by atoms with E-state index in [1.54, 1.807) is 0 Å². The van der Waals surface area contributed by atoms with Crippen LogP contribution in [0, 0.1) is 13.8 Å². The Morgan fingerprint density at radius 3 is 2.15 bits per heavy atom. The van der Waals surface area contributed by atoms with Crippen molar-refractivity contribution in [3.63, 3.8) is 0 Å². The molecular formula is C21H28N4S. The number of hydrogen-bond acceptors (Lipinski definition) is 5. The summed E-state index contributed by atoms with van der Waals surface area (Å²) in [5, 5.41) is 3.71. The highest BCUT2D eigenvalue weighted by atomic mass is 32.2. The monoisotopic (exact) mass is 368 g/mol. The fourth-order valence-electron chi connectivity index (χ4n) is 3.70. The molecular weight excluding hydrogens is 340 g/mol. The summed E-state index contributed by atoms with van der Waals surface area (Å²) in [7, 11) is 6.41. The zero-order chi connectivity index (χ0) is 18.4. The van der Waals surface area contributed by atoms with E-state index in [9.17, 15) is 0 Å². The molecule has 4 nitrogen and oxygen atoms in total. The number of benzene rings is 2. The molecule has 2 aliphatic rings. The first-order chi connectivity index (χ1) is 12.4. The van der Waals surface area contributed by atoms with Gasteiger partial charge in [-0.25, -0.2) is 0 Å². The van der Waals surface area contributed by atoms with Crippen LogP contribution in [0.4, 0.5) is 22.7 Å². The largest absolute Gasteiger partial charge is 0.378 e. The quantitative estimate of drug-likeness (QED) is 0.725. The summed E-state index contributed by atoms with van der Waals surface area (Å²) in [6.45, 7) is 8.89. The number of hydrogen-bond donors (Lipinski definition) is 1. The maximum Gasteiger partial charge on any atom is 0.0557 e. The minimum Gasteiger partial charge on any atom is -0.378 e. The summed E-state index contributed by atoms with van der Waals surface area (Å²) in [6, 6.07) is 9.25. The number of piperazine rings is 1. The van der Waals surface area contributed by atoms with Crippen molar-refractivity contribution in [3.05, 3.63) is 35.4 Å². The highest BCUT2D eigenvalue weighted by Crippen LogP contribution is 2.49. The van der Waals surface area contributed by atoms with E-state index < -0.39 is 0 Å². The SMILES string of the molecule is Cc1cc(N(C)C)cc2c1Nc1c(C)cc(N3CCN(C)CC3)cc1S2. The van der Waals surface area contributed by atoms with Crippen LogP contribution in [0.15, 0.2) is 34.1 Å². The Morgan fingerprint density at radius 1 is 0.885 bits per heavy atom. The van der Waals surface area contributed by atoms with Crippen molar-refractivity contribution in [1.29, 1.82) is 0 Å². The summed E-state index contributed by atoms with van der Waals surface area (Å²) in [5.41, 5.74) is 7.75. The van der Waals surface area contributed by atoms with Gasteiger partial charge in [0.2, 0.25) is 0 Å². The molecule has 2 aromatic rings. The Balaban J connectivity index is 1.69. The van der Waals surface area contributed by atoms with Gasteiger partial charge >= 0.3 is 0 Å². The van der Waals surface area contributed by atoms with E-state index in [0.29, 0.717) is 0 Å². The Morgan fingerprint density at radius 2 is 1.50 bits per heavy atom. The number of likely N-dealkylation sites (N-methyl/N-ethyl adjacent to an activating group) is 1. The smallest absolute Gasteiger partial charge is 0.0557 e. The predicted molar refractivity (Wildman–Crippen MR) is 114 cm³/mol. The van der Waals surface area contributed by atoms with Crippen LogP contribution in [0.5, 0.6) is 0 Å². The van der Waals surface area contributed by atoms with E-state index in [0.717, 1.165) is 26.2 Å². The van der Waals surface area contributed by atoms with E-state index in [-0.39, 0.29) is 0 Å². The van der Waals surface area contributed by atoms with Crippen molar-refractivity contribution in [2.45, 2.75) is 23.6 Å². The fraction of sp³-hybridized carbons (Fsp3) is 0.429. The molecule has 2 aromatic carbocycles. The molecule has 1 N–H and O–H groups in total. The molecule has 1 saturated heterocycles. The third-order valence-electron chi connectivity index (χ3n) is 5.42. The number of anilines is 4. The van der Waals surface area contributed by atoms with E-state index in [4.69, 9.17) is 0 Å². The molecule has 5 heteroatoms. The van der Waals surface area contributed by atoms with E-state index in [1.165, 1.54) is 43.7 Å². The first-order valence-corrected chi connectivity index (χ1v) is 10.1. The molecule has 0 radical (unpaired) electrons. The van der Waals surface area contributed by atoms with Gasteiger partial charge in [0.05, 0.1) is 11.4 Å². The second-order valence-electron chi connectivity index (χ2n) is 7.68. The number of fused-ring (bicyclic) bond motifs is 2. The molecule has 26 heavy (non-hydrogen) atoms. The van der Waals surface area contributed by atoms with E-state index >= 15 is 0 Å². The van der Waals surface area contributed by atoms with Gasteiger partial charge in [-0.15, -0.1) is 0 Å². The molecule has 0 saturated carbocycles. The lowest BCUT2D eigenvalue weighted by atomic mass is 10.1. The average molecular weight is 369 g/mol. The van der Waals surface area contributed by atoms with Crippen LogP contribution >= 0.6 is 11.8 Å². The summed E-state index contributed by atoms with van der Waals surface area (Å²) in [5.74, 6) is 0. The molecule has 2 heterocycles. The standard InChI is InChI=1S/C21H28N4S/c1-14-10-16(23(3)4)12-18-20(14)22-21-15(2)11-17(13-19(21)26-18)25-8-6-24(5)7-9-25/h10-13,22H,6-9H2,1-5H3. The third kappa shape index (κ3) is 3.14. The summed E-state index contributed by atoms with van der Waals surface area (Å²) < 4.78 is 0. The van der Waals surface area contributed by atoms with Crippen molar-refractivity contribution >= 4 is 34.5 Å². The van der Waals surface area contributed by atoms with Crippen LogP contribution in [0.3, 0.4) is 0 Å². The number of nitrogens with one attached hydrogen (secondary N) is 1. The zero-order valence-corrected chi connectivity index (χ0v) is 17.2. The van der Waals surface area contributed by atoms with Crippen molar-refractivity contribution < 1.29 is 0 Å². The molecule has 0 atom stereocenters. The van der Waals surface area contributed by atoms with Gasteiger partial charge in [0.15, 0.2) is 0 Å². The lowest BCUT2D eigenvalue weighted by Crippen LogP contribution is -2.44. The molecule has 1 fully saturated rings. The van der Waals surface area contributed by atoms with Gasteiger partial charge in [0.25, 0.3) is 0 Å². The molecule has 0 unspecified atom stereocenters. The molecule has 4 rings (SSSR count). The van der Waals surface area contributed by atoms with Crippen molar-refractivity contribution in [2.24, 2.45) is 0 Å². The zero-order valence-electron chi connectivity index (χ0n) is 16.4. The molecule has 0 amide bonds. The molecule has 0 bridgehead atoms. The highest BCUT2D eigenvalue weighted by molar-refractivity contribution is 7.99. The molecule has 138 valence electrons. The second-order valence-corrected chi connectivity index (χ2v) is 8.77. The van der Waals surface area contributed by atoms with Crippen LogP contribution in [-0.2, 0) is 0 Å². The topological polar surface area (TPSA) is 21.8 Å². The number of nitrogens with zero attached hydrogens (tertiary/aromatic N) is 3. The maximum atomic E-state index is 3.71. The Labute approximate surface area is 161 Å². The maximum absolute atomic E-state index is 3.71. The lowest BCUT2D eigenvalue weighted by Gasteiger charge is -2.35. The summed E-state index contributed by atoms with van der Waals surface area (Å²) in [4.78, 5) is 9.75. The van der Waals surface area contributed by atoms with Crippen LogP contribution in [-0.4, -0.2) is 52.2 Å². The first-order valence-electron chi connectivity index (χ1n) is 9.27. The summed E-state index contributed by atoms with van der Waals surface area (Å²) in [6.07, 6.45) is 0. The van der Waals surface area contributed by atoms with Gasteiger partial charge < -0.3 is 20.0 Å². The van der Waals surface area contributed by atoms with E-state index in [2.05, 4.69) is 79.3 Å². The first kappa shape index (κ1) is 17.6. The van der Waals surface area contributed by atoms with Crippen molar-refractivity contribution in [1.82, 2.24) is 4.90 Å². The van der Waals surface area contributed by atoms with Gasteiger partial charge in [0.1, 0.15) is 0 Å². The predicted octanol–water partition coefficient (Wildman–Crippen LogP) is 4.33. The number of aryl methyl sites for hydroxylation is 2. The second kappa shape index (κ2) is 6.71. The highest BCUT2D eigenvalue weighted by Gasteiger charge is 2.23. The minimum absolute atomic E-state index is 1.10. The van der Waals surface area contributed by atoms with Gasteiger partial charge in [-0.3, -0.25) is 0 Å². The van der Waals surface area contributed by atoms with Crippen molar-refractivity contribution in [2.75, 3.05) is 62.4 Å².